The van der Waals surface area contributed by atoms with Crippen molar-refractivity contribution in [2.24, 2.45) is 0 Å². The normalized spacial score (nSPS) is 12.7. The molecule has 1 unspecified atom stereocenters. The minimum Gasteiger partial charge on any atom is -0.469 e. The Kier molecular flexibility index (Phi) is 5.63. The van der Waals surface area contributed by atoms with E-state index in [0.717, 1.165) is 0 Å². The molecule has 0 aromatic heterocycles. The summed E-state index contributed by atoms with van der Waals surface area (Å²) in [7, 11) is 2.93. The van der Waals surface area contributed by atoms with Gasteiger partial charge in [0.15, 0.2) is 0 Å². The summed E-state index contributed by atoms with van der Waals surface area (Å²) in [6.45, 7) is 0. The van der Waals surface area contributed by atoms with Gasteiger partial charge < -0.3 is 9.47 Å². The first-order valence-corrected chi connectivity index (χ1v) is 4.02. The van der Waals surface area contributed by atoms with Gasteiger partial charge in [-0.3, -0.25) is 4.79 Å². The molecule has 4 heteroatoms. The SMILES string of the molecule is COC(=O)CC(CBr)OC. The summed E-state index contributed by atoms with van der Waals surface area (Å²) < 4.78 is 9.37. The van der Waals surface area contributed by atoms with E-state index in [1.165, 1.54) is 7.11 Å². The van der Waals surface area contributed by atoms with E-state index in [9.17, 15) is 4.79 Å². The fourth-order valence-electron chi connectivity index (χ4n) is 0.470. The fraction of sp³-hybridized carbons (Fsp3) is 0.833. The van der Waals surface area contributed by atoms with Crippen LogP contribution in [0.5, 0.6) is 0 Å². The van der Waals surface area contributed by atoms with Gasteiger partial charge in [-0.05, 0) is 0 Å². The maximum atomic E-state index is 10.6. The Balaban J connectivity index is 3.52. The zero-order valence-electron chi connectivity index (χ0n) is 6.09. The summed E-state index contributed by atoms with van der Waals surface area (Å²) in [6.07, 6.45) is 0.227. The molecule has 3 nitrogen and oxygen atoms in total. The highest BCUT2D eigenvalue weighted by molar-refractivity contribution is 9.09. The van der Waals surface area contributed by atoms with Crippen molar-refractivity contribution in [3.63, 3.8) is 0 Å². The number of alkyl halides is 1. The molecule has 0 aliphatic heterocycles. The lowest BCUT2D eigenvalue weighted by molar-refractivity contribution is -0.142. The van der Waals surface area contributed by atoms with Crippen LogP contribution in [0.15, 0.2) is 0 Å². The van der Waals surface area contributed by atoms with Gasteiger partial charge >= 0.3 is 5.97 Å². The average Bonchev–Trinajstić information content (AvgIpc) is 1.99. The van der Waals surface area contributed by atoms with Crippen LogP contribution in [0.25, 0.3) is 0 Å². The number of esters is 1. The van der Waals surface area contributed by atoms with E-state index < -0.39 is 0 Å². The van der Waals surface area contributed by atoms with Gasteiger partial charge in [-0.1, -0.05) is 15.9 Å². The number of carbonyl (C=O) groups is 1. The van der Waals surface area contributed by atoms with Crippen LogP contribution in [-0.2, 0) is 14.3 Å². The van der Waals surface area contributed by atoms with E-state index in [-0.39, 0.29) is 12.1 Å². The van der Waals surface area contributed by atoms with E-state index in [4.69, 9.17) is 4.74 Å². The van der Waals surface area contributed by atoms with Crippen LogP contribution >= 0.6 is 15.9 Å². The van der Waals surface area contributed by atoms with Crippen molar-refractivity contribution in [1.29, 1.82) is 0 Å². The number of rotatable bonds is 4. The number of halogens is 1. The van der Waals surface area contributed by atoms with Crippen LogP contribution < -0.4 is 0 Å². The minimum absolute atomic E-state index is 0.0764. The van der Waals surface area contributed by atoms with E-state index >= 15 is 0 Å². The number of carbonyl (C=O) groups excluding carboxylic acids is 1. The Morgan fingerprint density at radius 2 is 2.20 bits per heavy atom. The van der Waals surface area contributed by atoms with Crippen molar-refractivity contribution in [1.82, 2.24) is 0 Å². The predicted octanol–water partition coefficient (Wildman–Crippen LogP) is 0.959. The maximum Gasteiger partial charge on any atom is 0.308 e. The molecule has 60 valence electrons. The first-order chi connectivity index (χ1) is 4.74. The van der Waals surface area contributed by atoms with Crippen molar-refractivity contribution in [2.45, 2.75) is 12.5 Å². The molecule has 0 aromatic rings. The maximum absolute atomic E-state index is 10.6. The Morgan fingerprint density at radius 3 is 2.50 bits per heavy atom. The second-order valence-electron chi connectivity index (χ2n) is 1.79. The molecule has 1 atom stereocenters. The third kappa shape index (κ3) is 3.85. The second-order valence-corrected chi connectivity index (χ2v) is 2.44. The van der Waals surface area contributed by atoms with Crippen molar-refractivity contribution < 1.29 is 14.3 Å². The predicted molar refractivity (Wildman–Crippen MR) is 41.2 cm³/mol. The lowest BCUT2D eigenvalue weighted by Crippen LogP contribution is -2.18. The Hall–Kier alpha value is -0.0900. The smallest absolute Gasteiger partial charge is 0.308 e. The van der Waals surface area contributed by atoms with E-state index in [0.29, 0.717) is 11.8 Å². The lowest BCUT2D eigenvalue weighted by Gasteiger charge is -2.08. The third-order valence-corrected chi connectivity index (χ3v) is 1.85. The number of methoxy groups -OCH3 is 2. The Labute approximate surface area is 68.8 Å². The highest BCUT2D eigenvalue weighted by atomic mass is 79.9. The molecule has 0 saturated carbocycles. The molecule has 10 heavy (non-hydrogen) atoms. The van der Waals surface area contributed by atoms with Gasteiger partial charge in [-0.2, -0.15) is 0 Å². The molecular formula is C6H11BrO3. The lowest BCUT2D eigenvalue weighted by atomic mass is 10.3. The molecule has 0 fully saturated rings. The summed E-state index contributed by atoms with van der Waals surface area (Å²) in [6, 6.07) is 0. The summed E-state index contributed by atoms with van der Waals surface area (Å²) in [4.78, 5) is 10.6. The minimum atomic E-state index is -0.244. The molecule has 0 aromatic carbocycles. The van der Waals surface area contributed by atoms with Gasteiger partial charge in [0.05, 0.1) is 19.6 Å². The summed E-state index contributed by atoms with van der Waals surface area (Å²) in [5.41, 5.74) is 0. The van der Waals surface area contributed by atoms with Crippen LogP contribution in [0.4, 0.5) is 0 Å². The molecule has 0 N–H and O–H groups in total. The van der Waals surface area contributed by atoms with Gasteiger partial charge in [0.25, 0.3) is 0 Å². The van der Waals surface area contributed by atoms with Gasteiger partial charge in [0, 0.05) is 12.4 Å². The molecular weight excluding hydrogens is 200 g/mol. The van der Waals surface area contributed by atoms with Crippen LogP contribution in [-0.4, -0.2) is 31.6 Å². The Bertz CT molecular complexity index is 101. The average molecular weight is 211 g/mol. The van der Waals surface area contributed by atoms with Gasteiger partial charge in [0.1, 0.15) is 0 Å². The first-order valence-electron chi connectivity index (χ1n) is 2.90. The van der Waals surface area contributed by atoms with E-state index in [1.807, 2.05) is 0 Å². The summed E-state index contributed by atoms with van der Waals surface area (Å²) in [5.74, 6) is -0.244. The highest BCUT2D eigenvalue weighted by Crippen LogP contribution is 2.01. The standard InChI is InChI=1S/C6H11BrO3/c1-9-5(4-7)3-6(8)10-2/h5H,3-4H2,1-2H3. The molecule has 0 aliphatic rings. The molecule has 0 heterocycles. The van der Waals surface area contributed by atoms with Crippen molar-refractivity contribution in [3.8, 4) is 0 Å². The van der Waals surface area contributed by atoms with Crippen LogP contribution in [0.2, 0.25) is 0 Å². The molecule has 0 bridgehead atoms. The monoisotopic (exact) mass is 210 g/mol. The summed E-state index contributed by atoms with van der Waals surface area (Å²) >= 11 is 3.20. The topological polar surface area (TPSA) is 35.5 Å². The number of hydrogen-bond donors (Lipinski definition) is 0. The molecule has 0 aliphatic carbocycles. The van der Waals surface area contributed by atoms with Crippen LogP contribution in [0.3, 0.4) is 0 Å². The molecule has 0 radical (unpaired) electrons. The summed E-state index contributed by atoms with van der Waals surface area (Å²) in [5, 5.41) is 0.651. The van der Waals surface area contributed by atoms with Crippen molar-refractivity contribution in [3.05, 3.63) is 0 Å². The Morgan fingerprint density at radius 1 is 1.60 bits per heavy atom. The van der Waals surface area contributed by atoms with Gasteiger partial charge in [0.2, 0.25) is 0 Å². The van der Waals surface area contributed by atoms with E-state index in [2.05, 4.69) is 20.7 Å². The fourth-order valence-corrected chi connectivity index (χ4v) is 0.963. The largest absolute Gasteiger partial charge is 0.469 e. The quantitative estimate of drug-likeness (QED) is 0.513. The zero-order valence-corrected chi connectivity index (χ0v) is 7.68. The zero-order chi connectivity index (χ0) is 7.98. The van der Waals surface area contributed by atoms with Crippen molar-refractivity contribution >= 4 is 21.9 Å². The molecule has 0 amide bonds. The number of ether oxygens (including phenoxy) is 2. The van der Waals surface area contributed by atoms with Gasteiger partial charge in [-0.15, -0.1) is 0 Å². The third-order valence-electron chi connectivity index (χ3n) is 1.13. The second kappa shape index (κ2) is 5.68. The highest BCUT2D eigenvalue weighted by Gasteiger charge is 2.10. The van der Waals surface area contributed by atoms with Gasteiger partial charge in [-0.25, -0.2) is 0 Å². The first kappa shape index (κ1) is 9.91. The van der Waals surface area contributed by atoms with E-state index in [1.54, 1.807) is 7.11 Å². The molecule has 0 rings (SSSR count). The number of hydrogen-bond acceptors (Lipinski definition) is 3. The van der Waals surface area contributed by atoms with Crippen molar-refractivity contribution in [2.75, 3.05) is 19.5 Å². The molecule has 0 saturated heterocycles. The molecule has 0 spiro atoms. The van der Waals surface area contributed by atoms with Crippen LogP contribution in [0, 0.1) is 0 Å². The van der Waals surface area contributed by atoms with Crippen LogP contribution in [0.1, 0.15) is 6.42 Å².